The molecule has 0 amide bonds. The van der Waals surface area contributed by atoms with E-state index in [2.05, 4.69) is 61.9 Å². The molecule has 0 bridgehead atoms. The Labute approximate surface area is 126 Å². The van der Waals surface area contributed by atoms with E-state index >= 15 is 0 Å². The summed E-state index contributed by atoms with van der Waals surface area (Å²) in [4.78, 5) is 4.57. The van der Waals surface area contributed by atoms with E-state index in [4.69, 9.17) is 0 Å². The molecule has 3 heteroatoms. The van der Waals surface area contributed by atoms with Crippen molar-refractivity contribution in [2.45, 2.75) is 26.9 Å². The summed E-state index contributed by atoms with van der Waals surface area (Å²) in [7, 11) is 2.10. The lowest BCUT2D eigenvalue weighted by atomic mass is 10.1. The van der Waals surface area contributed by atoms with Crippen LogP contribution in [0.25, 0.3) is 0 Å². The lowest BCUT2D eigenvalue weighted by Crippen LogP contribution is -2.35. The van der Waals surface area contributed by atoms with E-state index in [-0.39, 0.29) is 6.17 Å². The van der Waals surface area contributed by atoms with Crippen LogP contribution in [0.1, 0.15) is 23.6 Å². The Morgan fingerprint density at radius 2 is 1.81 bits per heavy atom. The average Bonchev–Trinajstić information content (AvgIpc) is 2.74. The Morgan fingerprint density at radius 1 is 1.05 bits per heavy atom. The van der Waals surface area contributed by atoms with Crippen LogP contribution in [0.3, 0.4) is 0 Å². The van der Waals surface area contributed by atoms with Gasteiger partial charge in [-0.3, -0.25) is 0 Å². The quantitative estimate of drug-likeness (QED) is 0.786. The lowest BCUT2D eigenvalue weighted by molar-refractivity contribution is 0.732. The molecular weight excluding hydrogens is 258 g/mol. The Morgan fingerprint density at radius 3 is 2.52 bits per heavy atom. The van der Waals surface area contributed by atoms with Gasteiger partial charge in [0.05, 0.1) is 23.0 Å². The number of fused-ring (bicyclic) bond motifs is 1. The third-order valence-electron chi connectivity index (χ3n) is 4.51. The highest BCUT2D eigenvalue weighted by Gasteiger charge is 2.32. The van der Waals surface area contributed by atoms with Crippen LogP contribution >= 0.6 is 0 Å². The number of hydrogen-bond donors (Lipinski definition) is 0. The van der Waals surface area contributed by atoms with Gasteiger partial charge in [-0.2, -0.15) is 5.26 Å². The Hall–Kier alpha value is -2.47. The van der Waals surface area contributed by atoms with Gasteiger partial charge >= 0.3 is 0 Å². The number of nitriles is 1. The molecular formula is C18H19N3. The highest BCUT2D eigenvalue weighted by atomic mass is 15.4. The monoisotopic (exact) mass is 277 g/mol. The maximum Gasteiger partial charge on any atom is 0.103 e. The number of anilines is 3. The van der Waals surface area contributed by atoms with Crippen molar-refractivity contribution in [2.75, 3.05) is 16.8 Å². The van der Waals surface area contributed by atoms with Gasteiger partial charge in [0, 0.05) is 12.7 Å². The van der Waals surface area contributed by atoms with E-state index < -0.39 is 0 Å². The first-order valence-corrected chi connectivity index (χ1v) is 7.17. The SMILES string of the molecule is Cc1cccc(N2c3cc(C#N)ccc3N(C)[C@@H]2C)c1C. The normalized spacial score (nSPS) is 16.8. The first-order valence-electron chi connectivity index (χ1n) is 7.17. The van der Waals surface area contributed by atoms with Crippen molar-refractivity contribution in [1.82, 2.24) is 0 Å². The lowest BCUT2D eigenvalue weighted by Gasteiger charge is -2.29. The Balaban J connectivity index is 2.21. The van der Waals surface area contributed by atoms with Crippen molar-refractivity contribution < 1.29 is 0 Å². The molecule has 1 aliphatic rings. The third kappa shape index (κ3) is 1.95. The van der Waals surface area contributed by atoms with Gasteiger partial charge in [0.25, 0.3) is 0 Å². The van der Waals surface area contributed by atoms with E-state index in [1.807, 2.05) is 18.2 Å². The van der Waals surface area contributed by atoms with Crippen LogP contribution in [0.2, 0.25) is 0 Å². The molecule has 21 heavy (non-hydrogen) atoms. The van der Waals surface area contributed by atoms with Crippen molar-refractivity contribution in [1.29, 1.82) is 5.26 Å². The topological polar surface area (TPSA) is 30.3 Å². The molecule has 0 spiro atoms. The van der Waals surface area contributed by atoms with Gasteiger partial charge in [0.1, 0.15) is 6.17 Å². The molecule has 1 aliphatic heterocycles. The molecule has 0 aromatic heterocycles. The fourth-order valence-corrected chi connectivity index (χ4v) is 2.99. The van der Waals surface area contributed by atoms with Crippen LogP contribution in [-0.2, 0) is 0 Å². The second kappa shape index (κ2) is 4.82. The summed E-state index contributed by atoms with van der Waals surface area (Å²) in [6.45, 7) is 6.48. The van der Waals surface area contributed by atoms with E-state index in [0.29, 0.717) is 5.56 Å². The van der Waals surface area contributed by atoms with E-state index in [9.17, 15) is 5.26 Å². The minimum atomic E-state index is 0.231. The number of aryl methyl sites for hydroxylation is 1. The van der Waals surface area contributed by atoms with Crippen LogP contribution in [-0.4, -0.2) is 13.2 Å². The number of hydrogen-bond acceptors (Lipinski definition) is 3. The molecule has 2 aromatic rings. The summed E-state index contributed by atoms with van der Waals surface area (Å²) < 4.78 is 0. The zero-order valence-electron chi connectivity index (χ0n) is 12.9. The van der Waals surface area contributed by atoms with Gasteiger partial charge in [-0.05, 0) is 56.2 Å². The summed E-state index contributed by atoms with van der Waals surface area (Å²) in [6.07, 6.45) is 0.231. The standard InChI is InChI=1S/C18H19N3/c1-12-6-5-7-16(13(12)2)21-14(3)20(4)17-9-8-15(11-19)10-18(17)21/h5-10,14H,1-4H3/t14-/m0/s1. The van der Waals surface area contributed by atoms with Crippen molar-refractivity contribution in [3.63, 3.8) is 0 Å². The fraction of sp³-hybridized carbons (Fsp3) is 0.278. The number of nitrogens with zero attached hydrogens (tertiary/aromatic N) is 3. The van der Waals surface area contributed by atoms with E-state index in [0.717, 1.165) is 5.69 Å². The minimum absolute atomic E-state index is 0.231. The predicted molar refractivity (Wildman–Crippen MR) is 87.1 cm³/mol. The number of rotatable bonds is 1. The highest BCUT2D eigenvalue weighted by molar-refractivity contribution is 5.85. The van der Waals surface area contributed by atoms with Gasteiger partial charge in [0.15, 0.2) is 0 Å². The molecule has 0 aliphatic carbocycles. The van der Waals surface area contributed by atoms with Crippen LogP contribution in [0.5, 0.6) is 0 Å². The van der Waals surface area contributed by atoms with Gasteiger partial charge < -0.3 is 9.80 Å². The molecule has 106 valence electrons. The molecule has 0 saturated carbocycles. The van der Waals surface area contributed by atoms with Crippen molar-refractivity contribution in [3.05, 3.63) is 53.1 Å². The minimum Gasteiger partial charge on any atom is -0.353 e. The summed E-state index contributed by atoms with van der Waals surface area (Å²) in [6, 6.07) is 14.5. The number of benzene rings is 2. The molecule has 0 fully saturated rings. The first kappa shape index (κ1) is 13.5. The van der Waals surface area contributed by atoms with Crippen molar-refractivity contribution >= 4 is 17.1 Å². The molecule has 0 N–H and O–H groups in total. The van der Waals surface area contributed by atoms with Gasteiger partial charge in [0.2, 0.25) is 0 Å². The Kier molecular flexibility index (Phi) is 3.10. The average molecular weight is 277 g/mol. The second-order valence-corrected chi connectivity index (χ2v) is 5.65. The molecule has 0 unspecified atom stereocenters. The molecule has 1 atom stereocenters. The van der Waals surface area contributed by atoms with E-state index in [1.165, 1.54) is 22.5 Å². The maximum atomic E-state index is 9.17. The molecule has 0 saturated heterocycles. The zero-order valence-corrected chi connectivity index (χ0v) is 12.9. The van der Waals surface area contributed by atoms with Gasteiger partial charge in [-0.25, -0.2) is 0 Å². The smallest absolute Gasteiger partial charge is 0.103 e. The predicted octanol–water partition coefficient (Wildman–Crippen LogP) is 4.11. The summed E-state index contributed by atoms with van der Waals surface area (Å²) in [5.74, 6) is 0. The van der Waals surface area contributed by atoms with Crippen LogP contribution in [0.4, 0.5) is 17.1 Å². The first-order chi connectivity index (χ1) is 10.0. The molecule has 1 heterocycles. The van der Waals surface area contributed by atoms with Crippen LogP contribution in [0.15, 0.2) is 36.4 Å². The maximum absolute atomic E-state index is 9.17. The molecule has 3 nitrogen and oxygen atoms in total. The van der Waals surface area contributed by atoms with Gasteiger partial charge in [-0.15, -0.1) is 0 Å². The van der Waals surface area contributed by atoms with E-state index in [1.54, 1.807) is 0 Å². The summed E-state index contributed by atoms with van der Waals surface area (Å²) in [5, 5.41) is 9.17. The molecule has 2 aromatic carbocycles. The van der Waals surface area contributed by atoms with Crippen molar-refractivity contribution in [3.8, 4) is 6.07 Å². The van der Waals surface area contributed by atoms with Crippen LogP contribution < -0.4 is 9.80 Å². The molecule has 0 radical (unpaired) electrons. The summed E-state index contributed by atoms with van der Waals surface area (Å²) in [5.41, 5.74) is 6.76. The van der Waals surface area contributed by atoms with Crippen molar-refractivity contribution in [2.24, 2.45) is 0 Å². The molecule has 3 rings (SSSR count). The third-order valence-corrected chi connectivity index (χ3v) is 4.51. The van der Waals surface area contributed by atoms with Gasteiger partial charge in [-0.1, -0.05) is 12.1 Å². The fourth-order valence-electron chi connectivity index (χ4n) is 2.99. The zero-order chi connectivity index (χ0) is 15.1. The van der Waals surface area contributed by atoms with Crippen LogP contribution in [0, 0.1) is 25.2 Å². The largest absolute Gasteiger partial charge is 0.353 e. The Bertz CT molecular complexity index is 743. The second-order valence-electron chi connectivity index (χ2n) is 5.65. The highest BCUT2D eigenvalue weighted by Crippen LogP contribution is 2.44. The summed E-state index contributed by atoms with van der Waals surface area (Å²) >= 11 is 0.